The zero-order valence-electron chi connectivity index (χ0n) is 13.6. The molecule has 0 saturated carbocycles. The summed E-state index contributed by atoms with van der Waals surface area (Å²) in [4.78, 5) is 37.3. The predicted octanol–water partition coefficient (Wildman–Crippen LogP) is 2.82. The minimum Gasteiger partial charge on any atom is -0.271 e. The summed E-state index contributed by atoms with van der Waals surface area (Å²) in [6.45, 7) is -0.385. The lowest BCUT2D eigenvalue weighted by atomic mass is 10.1. The van der Waals surface area contributed by atoms with E-state index in [-0.39, 0.29) is 6.54 Å². The average molecular weight is 412 g/mol. The molecule has 0 atom stereocenters. The van der Waals surface area contributed by atoms with Gasteiger partial charge in [0.05, 0.1) is 17.3 Å². The summed E-state index contributed by atoms with van der Waals surface area (Å²) in [5.74, 6) is -1.51. The summed E-state index contributed by atoms with van der Waals surface area (Å²) >= 11 is 3.33. The van der Waals surface area contributed by atoms with Crippen molar-refractivity contribution in [2.45, 2.75) is 0 Å². The van der Waals surface area contributed by atoms with Crippen molar-refractivity contribution in [3.8, 4) is 0 Å². The first-order valence-electron chi connectivity index (χ1n) is 7.75. The van der Waals surface area contributed by atoms with E-state index >= 15 is 0 Å². The van der Waals surface area contributed by atoms with Crippen molar-refractivity contribution in [3.63, 3.8) is 0 Å². The highest BCUT2D eigenvalue weighted by atomic mass is 79.9. The molecule has 26 heavy (non-hydrogen) atoms. The second-order valence-corrected chi connectivity index (χ2v) is 6.39. The molecule has 0 saturated heterocycles. The Morgan fingerprint density at radius 3 is 2.19 bits per heavy atom. The molecular formula is C19H14BrN3O3. The van der Waals surface area contributed by atoms with Crippen LogP contribution in [0.1, 0.15) is 26.3 Å². The van der Waals surface area contributed by atoms with Gasteiger partial charge in [-0.3, -0.25) is 19.3 Å². The Bertz CT molecular complexity index is 888. The van der Waals surface area contributed by atoms with Crippen molar-refractivity contribution >= 4 is 45.9 Å². The second-order valence-electron chi connectivity index (χ2n) is 5.48. The number of hydrazone groups is 1. The maximum Gasteiger partial charge on any atom is 0.262 e. The van der Waals surface area contributed by atoms with Crippen LogP contribution in [0.15, 0.2) is 64.2 Å². The van der Waals surface area contributed by atoms with Crippen LogP contribution in [0.5, 0.6) is 0 Å². The molecule has 2 aromatic rings. The molecule has 1 aliphatic rings. The first-order valence-corrected chi connectivity index (χ1v) is 8.55. The van der Waals surface area contributed by atoms with Gasteiger partial charge in [0, 0.05) is 4.48 Å². The quantitative estimate of drug-likeness (QED) is 0.466. The van der Waals surface area contributed by atoms with E-state index in [0.717, 1.165) is 10.5 Å². The van der Waals surface area contributed by atoms with E-state index in [4.69, 9.17) is 0 Å². The van der Waals surface area contributed by atoms with Crippen molar-refractivity contribution in [3.05, 3.63) is 75.8 Å². The zero-order valence-corrected chi connectivity index (χ0v) is 15.1. The van der Waals surface area contributed by atoms with E-state index in [1.807, 2.05) is 36.4 Å². The first kappa shape index (κ1) is 17.8. The van der Waals surface area contributed by atoms with E-state index in [2.05, 4.69) is 26.5 Å². The highest BCUT2D eigenvalue weighted by Gasteiger charge is 2.36. The molecular weight excluding hydrogens is 398 g/mol. The van der Waals surface area contributed by atoms with Gasteiger partial charge in [0.25, 0.3) is 17.7 Å². The lowest BCUT2D eigenvalue weighted by Crippen LogP contribution is -2.38. The third-order valence-electron chi connectivity index (χ3n) is 3.66. The van der Waals surface area contributed by atoms with Gasteiger partial charge >= 0.3 is 0 Å². The Balaban J connectivity index is 1.58. The maximum absolute atomic E-state index is 12.2. The first-order chi connectivity index (χ1) is 12.6. The summed E-state index contributed by atoms with van der Waals surface area (Å²) in [6.07, 6.45) is 3.26. The number of fused-ring (bicyclic) bond motifs is 1. The number of hydrogen-bond acceptors (Lipinski definition) is 4. The largest absolute Gasteiger partial charge is 0.271 e. The molecule has 0 radical (unpaired) electrons. The predicted molar refractivity (Wildman–Crippen MR) is 102 cm³/mol. The molecule has 0 aromatic heterocycles. The number of hydrogen-bond donors (Lipinski definition) is 1. The third kappa shape index (κ3) is 3.94. The second kappa shape index (κ2) is 7.88. The van der Waals surface area contributed by atoms with E-state index in [1.165, 1.54) is 6.21 Å². The van der Waals surface area contributed by atoms with Crippen molar-refractivity contribution < 1.29 is 14.4 Å². The molecule has 3 amide bonds. The highest BCUT2D eigenvalue weighted by molar-refractivity contribution is 9.12. The van der Waals surface area contributed by atoms with Crippen LogP contribution in [0.4, 0.5) is 0 Å². The van der Waals surface area contributed by atoms with Gasteiger partial charge in [-0.05, 0) is 39.7 Å². The molecule has 3 rings (SSSR count). The Kier molecular flexibility index (Phi) is 5.38. The smallest absolute Gasteiger partial charge is 0.262 e. The van der Waals surface area contributed by atoms with Gasteiger partial charge in [0.15, 0.2) is 0 Å². The number of nitrogens with one attached hydrogen (secondary N) is 1. The van der Waals surface area contributed by atoms with E-state index in [1.54, 1.807) is 24.3 Å². The molecule has 0 fully saturated rings. The van der Waals surface area contributed by atoms with Crippen LogP contribution in [0.2, 0.25) is 0 Å². The molecule has 130 valence electrons. The number of nitrogens with zero attached hydrogens (tertiary/aromatic N) is 2. The van der Waals surface area contributed by atoms with E-state index in [9.17, 15) is 14.4 Å². The maximum atomic E-state index is 12.2. The van der Waals surface area contributed by atoms with Gasteiger partial charge in [0.2, 0.25) is 0 Å². The Morgan fingerprint density at radius 1 is 1.00 bits per heavy atom. The number of benzene rings is 2. The van der Waals surface area contributed by atoms with Gasteiger partial charge in [-0.1, -0.05) is 42.5 Å². The summed E-state index contributed by atoms with van der Waals surface area (Å²) in [5, 5.41) is 3.82. The van der Waals surface area contributed by atoms with Crippen LogP contribution in [0.25, 0.3) is 6.08 Å². The summed E-state index contributed by atoms with van der Waals surface area (Å²) < 4.78 is 0.657. The topological polar surface area (TPSA) is 78.8 Å². The number of imide groups is 1. The number of amides is 3. The SMILES string of the molecule is O=C(CN1C(=O)c2ccccc2C1=O)NN=CC(Br)=Cc1ccccc1. The number of halogens is 1. The van der Waals surface area contributed by atoms with Crippen molar-refractivity contribution in [2.24, 2.45) is 5.10 Å². The van der Waals surface area contributed by atoms with Gasteiger partial charge in [0.1, 0.15) is 6.54 Å². The number of carbonyl (C=O) groups excluding carboxylic acids is 3. The fraction of sp³-hybridized carbons (Fsp3) is 0.0526. The van der Waals surface area contributed by atoms with Gasteiger partial charge in [-0.25, -0.2) is 5.43 Å². The molecule has 1 N–H and O–H groups in total. The van der Waals surface area contributed by atoms with Gasteiger partial charge in [-0.2, -0.15) is 5.10 Å². The summed E-state index contributed by atoms with van der Waals surface area (Å²) in [5.41, 5.74) is 3.90. The van der Waals surface area contributed by atoms with Crippen molar-refractivity contribution in [2.75, 3.05) is 6.54 Å². The molecule has 7 heteroatoms. The van der Waals surface area contributed by atoms with E-state index < -0.39 is 17.7 Å². The Hall–Kier alpha value is -3.06. The van der Waals surface area contributed by atoms with Crippen molar-refractivity contribution in [1.29, 1.82) is 0 Å². The van der Waals surface area contributed by atoms with Crippen LogP contribution in [-0.2, 0) is 4.79 Å². The number of rotatable bonds is 5. The van der Waals surface area contributed by atoms with E-state index in [0.29, 0.717) is 15.6 Å². The molecule has 6 nitrogen and oxygen atoms in total. The molecule has 0 unspecified atom stereocenters. The van der Waals surface area contributed by atoms with Crippen LogP contribution in [-0.4, -0.2) is 35.4 Å². The fourth-order valence-corrected chi connectivity index (χ4v) is 2.84. The molecule has 0 aliphatic carbocycles. The summed E-state index contributed by atoms with van der Waals surface area (Å²) in [7, 11) is 0. The van der Waals surface area contributed by atoms with Crippen LogP contribution in [0, 0.1) is 0 Å². The Morgan fingerprint density at radius 2 is 1.58 bits per heavy atom. The zero-order chi connectivity index (χ0) is 18.5. The molecule has 2 aromatic carbocycles. The lowest BCUT2D eigenvalue weighted by molar-refractivity contribution is -0.121. The summed E-state index contributed by atoms with van der Waals surface area (Å²) in [6, 6.07) is 16.1. The average Bonchev–Trinajstić information content (AvgIpc) is 2.88. The van der Waals surface area contributed by atoms with Crippen LogP contribution >= 0.6 is 15.9 Å². The van der Waals surface area contributed by atoms with Gasteiger partial charge in [-0.15, -0.1) is 0 Å². The van der Waals surface area contributed by atoms with Gasteiger partial charge < -0.3 is 0 Å². The monoisotopic (exact) mass is 411 g/mol. The molecule has 1 aliphatic heterocycles. The van der Waals surface area contributed by atoms with Crippen molar-refractivity contribution in [1.82, 2.24) is 10.3 Å². The standard InChI is InChI=1S/C19H14BrN3O3/c20-14(10-13-6-2-1-3-7-13)11-21-22-17(24)12-23-18(25)15-8-4-5-9-16(15)19(23)26/h1-11H,12H2,(H,22,24). The molecule has 1 heterocycles. The minimum absolute atomic E-state index is 0.308. The molecule has 0 bridgehead atoms. The fourth-order valence-electron chi connectivity index (χ4n) is 2.47. The lowest BCUT2D eigenvalue weighted by Gasteiger charge is -2.11. The van der Waals surface area contributed by atoms with Crippen LogP contribution in [0.3, 0.4) is 0 Å². The van der Waals surface area contributed by atoms with Crippen LogP contribution < -0.4 is 5.43 Å². The Labute approximate surface area is 158 Å². The highest BCUT2D eigenvalue weighted by Crippen LogP contribution is 2.21. The number of allylic oxidation sites excluding steroid dienone is 1. The number of carbonyl (C=O) groups is 3. The third-order valence-corrected chi connectivity index (χ3v) is 4.09. The minimum atomic E-state index is -0.559. The normalized spacial score (nSPS) is 14.0. The molecule has 0 spiro atoms.